The summed E-state index contributed by atoms with van der Waals surface area (Å²) < 4.78 is 61.3. The standard InChI is InChI=1S/C14H20F3N3O3S/c1-3-20(24(2,22)23)10-4-9-18-13(21)19-12-7-5-11(6-8-12)14(15,16)17/h5-8H,3-4,9-10H2,1-2H3,(H2,18,19,21). The number of nitrogens with one attached hydrogen (secondary N) is 2. The summed E-state index contributed by atoms with van der Waals surface area (Å²) in [7, 11) is -3.27. The zero-order chi connectivity index (χ0) is 18.4. The highest BCUT2D eigenvalue weighted by Gasteiger charge is 2.29. The topological polar surface area (TPSA) is 78.5 Å². The van der Waals surface area contributed by atoms with Crippen LogP contribution in [0.3, 0.4) is 0 Å². The largest absolute Gasteiger partial charge is 0.416 e. The number of nitrogens with zero attached hydrogens (tertiary/aromatic N) is 1. The minimum atomic E-state index is -4.43. The number of amides is 2. The third-order valence-electron chi connectivity index (χ3n) is 3.16. The molecule has 2 N–H and O–H groups in total. The molecule has 0 aliphatic heterocycles. The van der Waals surface area contributed by atoms with Crippen molar-refractivity contribution in [3.05, 3.63) is 29.8 Å². The molecule has 0 heterocycles. The zero-order valence-corrected chi connectivity index (χ0v) is 14.2. The maximum Gasteiger partial charge on any atom is 0.416 e. The van der Waals surface area contributed by atoms with Crippen LogP contribution in [0.25, 0.3) is 0 Å². The van der Waals surface area contributed by atoms with Gasteiger partial charge in [0.2, 0.25) is 10.0 Å². The second-order valence-corrected chi connectivity index (χ2v) is 7.05. The average Bonchev–Trinajstić information content (AvgIpc) is 2.45. The van der Waals surface area contributed by atoms with Crippen LogP contribution in [0.15, 0.2) is 24.3 Å². The highest BCUT2D eigenvalue weighted by Crippen LogP contribution is 2.29. The minimum absolute atomic E-state index is 0.229. The van der Waals surface area contributed by atoms with E-state index in [0.717, 1.165) is 30.5 Å². The van der Waals surface area contributed by atoms with Gasteiger partial charge in [-0.3, -0.25) is 0 Å². The number of urea groups is 1. The Morgan fingerprint density at radius 3 is 2.25 bits per heavy atom. The van der Waals surface area contributed by atoms with Crippen molar-refractivity contribution < 1.29 is 26.4 Å². The molecule has 6 nitrogen and oxygen atoms in total. The molecule has 0 spiro atoms. The van der Waals surface area contributed by atoms with Gasteiger partial charge in [0, 0.05) is 25.3 Å². The summed E-state index contributed by atoms with van der Waals surface area (Å²) in [6.45, 7) is 2.57. The molecule has 0 aliphatic rings. The van der Waals surface area contributed by atoms with Gasteiger partial charge in [0.25, 0.3) is 0 Å². The Bertz CT molecular complexity index is 645. The maximum atomic E-state index is 12.4. The summed E-state index contributed by atoms with van der Waals surface area (Å²) in [6, 6.07) is 3.49. The van der Waals surface area contributed by atoms with E-state index in [1.807, 2.05) is 0 Å². The van der Waals surface area contributed by atoms with Gasteiger partial charge in [0.15, 0.2) is 0 Å². The van der Waals surface area contributed by atoms with Gasteiger partial charge in [-0.05, 0) is 30.7 Å². The van der Waals surface area contributed by atoms with E-state index >= 15 is 0 Å². The van der Waals surface area contributed by atoms with E-state index in [2.05, 4.69) is 10.6 Å². The molecule has 0 saturated carbocycles. The Morgan fingerprint density at radius 2 is 1.79 bits per heavy atom. The van der Waals surface area contributed by atoms with Crippen molar-refractivity contribution in [2.45, 2.75) is 19.5 Å². The van der Waals surface area contributed by atoms with Crippen LogP contribution in [0, 0.1) is 0 Å². The van der Waals surface area contributed by atoms with Gasteiger partial charge in [-0.2, -0.15) is 13.2 Å². The molecule has 10 heteroatoms. The van der Waals surface area contributed by atoms with E-state index in [1.165, 1.54) is 4.31 Å². The second-order valence-electron chi connectivity index (χ2n) is 5.06. The van der Waals surface area contributed by atoms with Crippen molar-refractivity contribution >= 4 is 21.7 Å². The molecule has 24 heavy (non-hydrogen) atoms. The molecular formula is C14H20F3N3O3S. The number of rotatable bonds is 7. The summed E-state index contributed by atoms with van der Waals surface area (Å²) in [5.74, 6) is 0. The van der Waals surface area contributed by atoms with E-state index in [-0.39, 0.29) is 18.8 Å². The molecule has 0 aliphatic carbocycles. The molecule has 1 aromatic carbocycles. The number of halogens is 3. The van der Waals surface area contributed by atoms with Crippen LogP contribution in [0.1, 0.15) is 18.9 Å². The molecule has 0 unspecified atom stereocenters. The summed E-state index contributed by atoms with van der Waals surface area (Å²) in [6.07, 6.45) is -2.89. The quantitative estimate of drug-likeness (QED) is 0.727. The Hall–Kier alpha value is -1.81. The van der Waals surface area contributed by atoms with Crippen LogP contribution < -0.4 is 10.6 Å². The third kappa shape index (κ3) is 6.75. The minimum Gasteiger partial charge on any atom is -0.338 e. The summed E-state index contributed by atoms with van der Waals surface area (Å²) in [5.41, 5.74) is -0.569. The van der Waals surface area contributed by atoms with Crippen molar-refractivity contribution in [3.63, 3.8) is 0 Å². The predicted molar refractivity (Wildman–Crippen MR) is 85.2 cm³/mol. The van der Waals surface area contributed by atoms with E-state index < -0.39 is 27.8 Å². The monoisotopic (exact) mass is 367 g/mol. The van der Waals surface area contributed by atoms with Crippen LogP contribution in [0.4, 0.5) is 23.7 Å². The number of benzene rings is 1. The fourth-order valence-electron chi connectivity index (χ4n) is 1.93. The number of anilines is 1. The molecule has 0 radical (unpaired) electrons. The predicted octanol–water partition coefficient (Wildman–Crippen LogP) is 2.50. The smallest absolute Gasteiger partial charge is 0.338 e. The average molecular weight is 367 g/mol. The van der Waals surface area contributed by atoms with Gasteiger partial charge >= 0.3 is 12.2 Å². The number of alkyl halides is 3. The first kappa shape index (κ1) is 20.2. The van der Waals surface area contributed by atoms with Crippen LogP contribution >= 0.6 is 0 Å². The molecule has 0 bridgehead atoms. The fourth-order valence-corrected chi connectivity index (χ4v) is 2.86. The van der Waals surface area contributed by atoms with Crippen LogP contribution in [0.2, 0.25) is 0 Å². The van der Waals surface area contributed by atoms with Gasteiger partial charge in [-0.25, -0.2) is 17.5 Å². The molecule has 1 aromatic rings. The molecule has 0 aromatic heterocycles. The zero-order valence-electron chi connectivity index (χ0n) is 13.4. The number of carbonyl (C=O) groups excluding carboxylic acids is 1. The second kappa shape index (κ2) is 8.34. The summed E-state index contributed by atoms with van der Waals surface area (Å²) in [4.78, 5) is 11.6. The SMILES string of the molecule is CCN(CCCNC(=O)Nc1ccc(C(F)(F)F)cc1)S(C)(=O)=O. The van der Waals surface area contributed by atoms with Crippen molar-refractivity contribution in [2.75, 3.05) is 31.2 Å². The number of sulfonamides is 1. The van der Waals surface area contributed by atoms with Crippen LogP contribution in [-0.2, 0) is 16.2 Å². The summed E-state index contributed by atoms with van der Waals surface area (Å²) >= 11 is 0. The first-order valence-corrected chi connectivity index (χ1v) is 9.06. The highest BCUT2D eigenvalue weighted by molar-refractivity contribution is 7.88. The van der Waals surface area contributed by atoms with E-state index in [0.29, 0.717) is 13.0 Å². The number of carbonyl (C=O) groups is 1. The highest BCUT2D eigenvalue weighted by atomic mass is 32.2. The summed E-state index contributed by atoms with van der Waals surface area (Å²) in [5, 5.41) is 4.92. The van der Waals surface area contributed by atoms with Crippen LogP contribution in [-0.4, -0.2) is 44.6 Å². The molecule has 0 saturated heterocycles. The molecule has 0 fully saturated rings. The van der Waals surface area contributed by atoms with E-state index in [9.17, 15) is 26.4 Å². The lowest BCUT2D eigenvalue weighted by atomic mass is 10.2. The maximum absolute atomic E-state index is 12.4. The lowest BCUT2D eigenvalue weighted by Gasteiger charge is -2.17. The van der Waals surface area contributed by atoms with Crippen molar-refractivity contribution in [3.8, 4) is 0 Å². The first-order valence-electron chi connectivity index (χ1n) is 7.21. The molecule has 0 atom stereocenters. The van der Waals surface area contributed by atoms with E-state index in [4.69, 9.17) is 0 Å². The van der Waals surface area contributed by atoms with Gasteiger partial charge in [0.05, 0.1) is 11.8 Å². The Kier molecular flexibility index (Phi) is 7.03. The number of hydrogen-bond acceptors (Lipinski definition) is 3. The van der Waals surface area contributed by atoms with Crippen LogP contribution in [0.5, 0.6) is 0 Å². The third-order valence-corrected chi connectivity index (χ3v) is 4.54. The molecule has 2 amide bonds. The van der Waals surface area contributed by atoms with Gasteiger partial charge < -0.3 is 10.6 Å². The first-order chi connectivity index (χ1) is 11.0. The Labute approximate surface area is 139 Å². The molecule has 1 rings (SSSR count). The van der Waals surface area contributed by atoms with E-state index in [1.54, 1.807) is 6.92 Å². The fraction of sp³-hybridized carbons (Fsp3) is 0.500. The normalized spacial score (nSPS) is 12.2. The van der Waals surface area contributed by atoms with Crippen molar-refractivity contribution in [1.29, 1.82) is 0 Å². The van der Waals surface area contributed by atoms with Gasteiger partial charge in [0.1, 0.15) is 0 Å². The molecular weight excluding hydrogens is 347 g/mol. The van der Waals surface area contributed by atoms with Crippen molar-refractivity contribution in [1.82, 2.24) is 9.62 Å². The molecule has 136 valence electrons. The Morgan fingerprint density at radius 1 is 1.21 bits per heavy atom. The van der Waals surface area contributed by atoms with Crippen molar-refractivity contribution in [2.24, 2.45) is 0 Å². The van der Waals surface area contributed by atoms with Gasteiger partial charge in [-0.1, -0.05) is 6.92 Å². The van der Waals surface area contributed by atoms with Gasteiger partial charge in [-0.15, -0.1) is 0 Å². The Balaban J connectivity index is 2.39. The lowest BCUT2D eigenvalue weighted by Crippen LogP contribution is -2.34. The number of hydrogen-bond donors (Lipinski definition) is 2. The lowest BCUT2D eigenvalue weighted by molar-refractivity contribution is -0.137.